The Labute approximate surface area is 200 Å². The van der Waals surface area contributed by atoms with Gasteiger partial charge in [0.15, 0.2) is 12.4 Å². The number of carbonyl (C=O) groups excluding carboxylic acids is 2. The molecule has 34 heavy (non-hydrogen) atoms. The zero-order valence-corrected chi connectivity index (χ0v) is 20.2. The van der Waals surface area contributed by atoms with E-state index in [0.717, 1.165) is 11.1 Å². The number of ketones is 1. The van der Waals surface area contributed by atoms with E-state index in [4.69, 9.17) is 20.1 Å². The Bertz CT molecular complexity index is 1170. The highest BCUT2D eigenvalue weighted by Crippen LogP contribution is 2.33. The van der Waals surface area contributed by atoms with Gasteiger partial charge in [0.2, 0.25) is 0 Å². The molecule has 2 aromatic carbocycles. The summed E-state index contributed by atoms with van der Waals surface area (Å²) in [5.41, 5.74) is 2.88. The number of benzene rings is 2. The maximum Gasteiger partial charge on any atom is 0.254 e. The van der Waals surface area contributed by atoms with Crippen molar-refractivity contribution in [3.05, 3.63) is 58.1 Å². The smallest absolute Gasteiger partial charge is 0.254 e. The standard InChI is InChI=1S/C26H30N4O4/c1-6-33-23-12-17-14-30(24(28)18(17)13-19(23)25(32)29-5)15-21(31)16-7-8-22(34-10-9-27)20(11-16)26(2,3)4/h7-8,11-13,28H,6,10,14-15H2,1-5H3,(H,29,32). The normalized spacial score (nSPS) is 12.7. The van der Waals surface area contributed by atoms with Gasteiger partial charge in [-0.25, -0.2) is 0 Å². The number of amides is 1. The summed E-state index contributed by atoms with van der Waals surface area (Å²) in [6.45, 7) is 8.64. The topological polar surface area (TPSA) is 116 Å². The summed E-state index contributed by atoms with van der Waals surface area (Å²) in [7, 11) is 1.55. The molecule has 0 bridgehead atoms. The molecule has 0 aliphatic carbocycles. The number of hydrogen-bond acceptors (Lipinski definition) is 6. The first-order valence-electron chi connectivity index (χ1n) is 11.1. The summed E-state index contributed by atoms with van der Waals surface area (Å²) >= 11 is 0. The van der Waals surface area contributed by atoms with Gasteiger partial charge in [-0.1, -0.05) is 20.8 Å². The summed E-state index contributed by atoms with van der Waals surface area (Å²) in [5, 5.41) is 20.1. The molecule has 178 valence electrons. The van der Waals surface area contributed by atoms with Gasteiger partial charge in [-0.2, -0.15) is 5.26 Å². The molecule has 2 aromatic rings. The molecule has 1 aliphatic heterocycles. The van der Waals surface area contributed by atoms with E-state index in [1.807, 2.05) is 33.8 Å². The Morgan fingerprint density at radius 2 is 1.91 bits per heavy atom. The van der Waals surface area contributed by atoms with Crippen LogP contribution in [0, 0.1) is 16.7 Å². The van der Waals surface area contributed by atoms with Crippen LogP contribution in [-0.2, 0) is 12.0 Å². The lowest BCUT2D eigenvalue weighted by Crippen LogP contribution is -2.30. The van der Waals surface area contributed by atoms with Crippen molar-refractivity contribution < 1.29 is 19.1 Å². The van der Waals surface area contributed by atoms with Crippen molar-refractivity contribution in [3.8, 4) is 17.6 Å². The van der Waals surface area contributed by atoms with Crippen molar-refractivity contribution in [1.29, 1.82) is 10.7 Å². The van der Waals surface area contributed by atoms with Crippen LogP contribution in [0.5, 0.6) is 11.5 Å². The number of nitrogens with zero attached hydrogens (tertiary/aromatic N) is 2. The van der Waals surface area contributed by atoms with Gasteiger partial charge in [-0.15, -0.1) is 0 Å². The van der Waals surface area contributed by atoms with E-state index in [1.54, 1.807) is 42.3 Å². The number of nitrogens with one attached hydrogen (secondary N) is 2. The fourth-order valence-corrected chi connectivity index (χ4v) is 3.94. The highest BCUT2D eigenvalue weighted by Gasteiger charge is 2.30. The molecule has 0 atom stereocenters. The zero-order chi connectivity index (χ0) is 25.0. The molecule has 0 spiro atoms. The first-order chi connectivity index (χ1) is 16.1. The molecule has 0 saturated heterocycles. The number of nitriles is 1. The summed E-state index contributed by atoms with van der Waals surface area (Å²) in [6.07, 6.45) is 0. The minimum Gasteiger partial charge on any atom is -0.493 e. The number of amidine groups is 1. The molecule has 0 radical (unpaired) electrons. The van der Waals surface area contributed by atoms with Crippen molar-refractivity contribution >= 4 is 17.5 Å². The van der Waals surface area contributed by atoms with Gasteiger partial charge in [-0.05, 0) is 48.2 Å². The number of fused-ring (bicyclic) bond motifs is 1. The molecule has 8 nitrogen and oxygen atoms in total. The lowest BCUT2D eigenvalue weighted by molar-refractivity contribution is 0.0953. The quantitative estimate of drug-likeness (QED) is 0.579. The van der Waals surface area contributed by atoms with E-state index >= 15 is 0 Å². The van der Waals surface area contributed by atoms with Gasteiger partial charge in [0.05, 0.1) is 18.7 Å². The third kappa shape index (κ3) is 5.04. The van der Waals surface area contributed by atoms with Crippen molar-refractivity contribution in [1.82, 2.24) is 10.2 Å². The molecular formula is C26H30N4O4. The van der Waals surface area contributed by atoms with Gasteiger partial charge in [-0.3, -0.25) is 15.0 Å². The van der Waals surface area contributed by atoms with Gasteiger partial charge >= 0.3 is 0 Å². The maximum atomic E-state index is 13.2. The lowest BCUT2D eigenvalue weighted by atomic mass is 9.85. The number of rotatable bonds is 8. The molecule has 3 rings (SSSR count). The zero-order valence-electron chi connectivity index (χ0n) is 20.2. The number of carbonyl (C=O) groups is 2. The van der Waals surface area contributed by atoms with Gasteiger partial charge in [0.25, 0.3) is 5.91 Å². The largest absolute Gasteiger partial charge is 0.493 e. The van der Waals surface area contributed by atoms with Crippen LogP contribution in [0.4, 0.5) is 0 Å². The van der Waals surface area contributed by atoms with E-state index in [-0.39, 0.29) is 36.1 Å². The highest BCUT2D eigenvalue weighted by atomic mass is 16.5. The van der Waals surface area contributed by atoms with Crippen LogP contribution in [-0.4, -0.2) is 49.2 Å². The second-order valence-electron chi connectivity index (χ2n) is 9.05. The molecule has 1 aliphatic rings. The molecule has 1 heterocycles. The Balaban J connectivity index is 1.86. The molecule has 0 fully saturated rings. The summed E-state index contributed by atoms with van der Waals surface area (Å²) in [5.74, 6) is 0.816. The minimum atomic E-state index is -0.290. The van der Waals surface area contributed by atoms with E-state index in [1.165, 1.54) is 0 Å². The summed E-state index contributed by atoms with van der Waals surface area (Å²) in [6, 6.07) is 10.6. The van der Waals surface area contributed by atoms with Crippen molar-refractivity contribution in [3.63, 3.8) is 0 Å². The molecular weight excluding hydrogens is 432 g/mol. The molecule has 0 unspecified atom stereocenters. The maximum absolute atomic E-state index is 13.2. The first-order valence-corrected chi connectivity index (χ1v) is 11.1. The SMILES string of the molecule is CCOc1cc2c(cc1C(=O)NC)C(=N)N(CC(=O)c1ccc(OCC#N)c(C(C)(C)C)c1)C2. The first kappa shape index (κ1) is 24.8. The third-order valence-corrected chi connectivity index (χ3v) is 5.65. The van der Waals surface area contributed by atoms with Crippen molar-refractivity contribution in [2.45, 2.75) is 39.7 Å². The molecule has 0 saturated carbocycles. The Kier molecular flexibility index (Phi) is 7.26. The van der Waals surface area contributed by atoms with Crippen molar-refractivity contribution in [2.75, 3.05) is 26.8 Å². The summed E-state index contributed by atoms with van der Waals surface area (Å²) < 4.78 is 11.2. The Morgan fingerprint density at radius 1 is 1.18 bits per heavy atom. The minimum absolute atomic E-state index is 0.0226. The van der Waals surface area contributed by atoms with Gasteiger partial charge < -0.3 is 19.7 Å². The van der Waals surface area contributed by atoms with Crippen LogP contribution < -0.4 is 14.8 Å². The van der Waals surface area contributed by atoms with Crippen LogP contribution >= 0.6 is 0 Å². The van der Waals surface area contributed by atoms with Crippen LogP contribution in [0.2, 0.25) is 0 Å². The van der Waals surface area contributed by atoms with Crippen molar-refractivity contribution in [2.24, 2.45) is 0 Å². The fraction of sp³-hybridized carbons (Fsp3) is 0.385. The third-order valence-electron chi connectivity index (χ3n) is 5.65. The Morgan fingerprint density at radius 3 is 2.53 bits per heavy atom. The number of hydrogen-bond donors (Lipinski definition) is 2. The van der Waals surface area contributed by atoms with E-state index in [0.29, 0.717) is 41.3 Å². The van der Waals surface area contributed by atoms with E-state index in [9.17, 15) is 9.59 Å². The molecule has 2 N–H and O–H groups in total. The van der Waals surface area contributed by atoms with E-state index < -0.39 is 0 Å². The van der Waals surface area contributed by atoms with Gasteiger partial charge in [0, 0.05) is 30.3 Å². The predicted molar refractivity (Wildman–Crippen MR) is 129 cm³/mol. The monoisotopic (exact) mass is 462 g/mol. The molecule has 0 aromatic heterocycles. The molecule has 8 heteroatoms. The van der Waals surface area contributed by atoms with E-state index in [2.05, 4.69) is 5.32 Å². The van der Waals surface area contributed by atoms with Crippen LogP contribution in [0.1, 0.15) is 65.1 Å². The lowest BCUT2D eigenvalue weighted by Gasteiger charge is -2.23. The second-order valence-corrected chi connectivity index (χ2v) is 9.05. The van der Waals surface area contributed by atoms with Crippen LogP contribution in [0.3, 0.4) is 0 Å². The second kappa shape index (κ2) is 9.96. The number of Topliss-reactive ketones (excluding diaryl/α,β-unsaturated/α-hetero) is 1. The molecule has 1 amide bonds. The Hall–Kier alpha value is -3.86. The summed E-state index contributed by atoms with van der Waals surface area (Å²) in [4.78, 5) is 27.2. The highest BCUT2D eigenvalue weighted by molar-refractivity contribution is 6.07. The van der Waals surface area contributed by atoms with Gasteiger partial charge in [0.1, 0.15) is 23.4 Å². The van der Waals surface area contributed by atoms with Crippen LogP contribution in [0.25, 0.3) is 0 Å². The fourth-order valence-electron chi connectivity index (χ4n) is 3.94. The average Bonchev–Trinajstić information content (AvgIpc) is 3.10. The average molecular weight is 463 g/mol. The predicted octanol–water partition coefficient (Wildman–Crippen LogP) is 3.67. The number of ether oxygens (including phenoxy) is 2. The van der Waals surface area contributed by atoms with Crippen LogP contribution in [0.15, 0.2) is 30.3 Å².